The van der Waals surface area contributed by atoms with Gasteiger partial charge >= 0.3 is 0 Å². The first-order valence-corrected chi connectivity index (χ1v) is 8.36. The monoisotopic (exact) mass is 351 g/mol. The maximum Gasteiger partial charge on any atom is 0.247 e. The van der Waals surface area contributed by atoms with Crippen molar-refractivity contribution in [1.29, 1.82) is 0 Å². The minimum Gasteiger partial charge on any atom is -0.338 e. The van der Waals surface area contributed by atoms with E-state index in [2.05, 4.69) is 21.2 Å². The number of halogens is 1. The van der Waals surface area contributed by atoms with Crippen LogP contribution in [0.3, 0.4) is 0 Å². The standard InChI is InChI=1S/C16H22BrN3O/c1-16(18,11-5-7-12(17)8-6-11)15(21)20-9-13-3-2-4-14(10-20)19-13/h5-8,13-14,19H,2-4,9-10,18H2,1H3. The predicted molar refractivity (Wildman–Crippen MR) is 86.8 cm³/mol. The predicted octanol–water partition coefficient (Wildman–Crippen LogP) is 1.98. The third-order valence-electron chi connectivity index (χ3n) is 4.63. The first kappa shape index (κ1) is 15.0. The maximum atomic E-state index is 12.9. The highest BCUT2D eigenvalue weighted by Gasteiger charge is 2.39. The lowest BCUT2D eigenvalue weighted by molar-refractivity contribution is -0.139. The van der Waals surface area contributed by atoms with Crippen LogP contribution in [0.2, 0.25) is 0 Å². The number of hydrogen-bond donors (Lipinski definition) is 2. The molecule has 0 saturated carbocycles. The summed E-state index contributed by atoms with van der Waals surface area (Å²) in [4.78, 5) is 14.8. The van der Waals surface area contributed by atoms with E-state index >= 15 is 0 Å². The molecule has 0 radical (unpaired) electrons. The zero-order valence-electron chi connectivity index (χ0n) is 12.3. The van der Waals surface area contributed by atoms with Gasteiger partial charge in [0.1, 0.15) is 5.54 Å². The molecule has 2 fully saturated rings. The van der Waals surface area contributed by atoms with Gasteiger partial charge in [-0.2, -0.15) is 0 Å². The van der Waals surface area contributed by atoms with E-state index in [1.807, 2.05) is 36.1 Å². The molecule has 21 heavy (non-hydrogen) atoms. The van der Waals surface area contributed by atoms with Crippen LogP contribution in [-0.2, 0) is 10.3 Å². The van der Waals surface area contributed by atoms with Gasteiger partial charge in [-0.25, -0.2) is 0 Å². The number of benzene rings is 1. The van der Waals surface area contributed by atoms with Crippen molar-refractivity contribution in [3.63, 3.8) is 0 Å². The molecule has 2 aliphatic heterocycles. The number of carbonyl (C=O) groups excluding carboxylic acids is 1. The molecular formula is C16H22BrN3O. The molecule has 3 unspecified atom stereocenters. The van der Waals surface area contributed by atoms with Crippen molar-refractivity contribution in [2.24, 2.45) is 5.73 Å². The smallest absolute Gasteiger partial charge is 0.247 e. The van der Waals surface area contributed by atoms with Crippen LogP contribution in [0.1, 0.15) is 31.7 Å². The van der Waals surface area contributed by atoms with E-state index in [9.17, 15) is 4.79 Å². The first-order valence-electron chi connectivity index (χ1n) is 7.57. The number of amides is 1. The third-order valence-corrected chi connectivity index (χ3v) is 5.16. The molecule has 2 heterocycles. The lowest BCUT2D eigenvalue weighted by atomic mass is 9.89. The minimum atomic E-state index is -0.966. The molecule has 3 atom stereocenters. The molecule has 3 rings (SSSR count). The van der Waals surface area contributed by atoms with Gasteiger partial charge in [-0.1, -0.05) is 34.5 Å². The van der Waals surface area contributed by atoms with E-state index in [4.69, 9.17) is 5.73 Å². The second-order valence-corrected chi connectivity index (χ2v) is 7.33. The topological polar surface area (TPSA) is 58.4 Å². The Labute approximate surface area is 134 Å². The molecule has 3 N–H and O–H groups in total. The molecule has 1 amide bonds. The van der Waals surface area contributed by atoms with Gasteiger partial charge in [0.05, 0.1) is 0 Å². The molecule has 0 aromatic heterocycles. The molecule has 2 saturated heterocycles. The van der Waals surface area contributed by atoms with Crippen molar-refractivity contribution >= 4 is 21.8 Å². The van der Waals surface area contributed by atoms with Crippen LogP contribution < -0.4 is 11.1 Å². The quantitative estimate of drug-likeness (QED) is 0.856. The summed E-state index contributed by atoms with van der Waals surface area (Å²) >= 11 is 3.41. The van der Waals surface area contributed by atoms with E-state index < -0.39 is 5.54 Å². The average Bonchev–Trinajstić information content (AvgIpc) is 2.46. The normalized spacial score (nSPS) is 28.0. The van der Waals surface area contributed by atoms with Gasteiger partial charge < -0.3 is 16.0 Å². The highest BCUT2D eigenvalue weighted by molar-refractivity contribution is 9.10. The van der Waals surface area contributed by atoms with Crippen LogP contribution in [0.4, 0.5) is 0 Å². The summed E-state index contributed by atoms with van der Waals surface area (Å²) in [7, 11) is 0. The summed E-state index contributed by atoms with van der Waals surface area (Å²) in [5.41, 5.74) is 6.28. The Morgan fingerprint density at radius 2 is 1.86 bits per heavy atom. The molecule has 1 aromatic rings. The van der Waals surface area contributed by atoms with Crippen LogP contribution in [0, 0.1) is 0 Å². The van der Waals surface area contributed by atoms with Gasteiger partial charge in [0, 0.05) is 29.6 Å². The molecule has 5 heteroatoms. The molecule has 2 aliphatic rings. The number of piperazine rings is 1. The van der Waals surface area contributed by atoms with Crippen molar-refractivity contribution < 1.29 is 4.79 Å². The molecule has 1 aromatic carbocycles. The summed E-state index contributed by atoms with van der Waals surface area (Å²) in [6.07, 6.45) is 3.57. The second kappa shape index (κ2) is 5.71. The van der Waals surface area contributed by atoms with E-state index in [1.54, 1.807) is 0 Å². The lowest BCUT2D eigenvalue weighted by Crippen LogP contribution is -2.63. The third kappa shape index (κ3) is 3.00. The van der Waals surface area contributed by atoms with E-state index in [-0.39, 0.29) is 5.91 Å². The fourth-order valence-corrected chi connectivity index (χ4v) is 3.68. The lowest BCUT2D eigenvalue weighted by Gasteiger charge is -2.44. The Bertz CT molecular complexity index is 517. The zero-order chi connectivity index (χ0) is 15.0. The maximum absolute atomic E-state index is 12.9. The number of fused-ring (bicyclic) bond motifs is 2. The summed E-state index contributed by atoms with van der Waals surface area (Å²) in [6, 6.07) is 8.57. The minimum absolute atomic E-state index is 0.0308. The van der Waals surface area contributed by atoms with Crippen molar-refractivity contribution in [2.75, 3.05) is 13.1 Å². The van der Waals surface area contributed by atoms with Crippen LogP contribution >= 0.6 is 15.9 Å². The van der Waals surface area contributed by atoms with Crippen LogP contribution in [0.15, 0.2) is 28.7 Å². The van der Waals surface area contributed by atoms with Crippen molar-refractivity contribution in [1.82, 2.24) is 10.2 Å². The first-order chi connectivity index (χ1) is 9.96. The Morgan fingerprint density at radius 1 is 1.29 bits per heavy atom. The number of hydrogen-bond acceptors (Lipinski definition) is 3. The molecule has 4 nitrogen and oxygen atoms in total. The van der Waals surface area contributed by atoms with Gasteiger partial charge in [0.15, 0.2) is 0 Å². The van der Waals surface area contributed by atoms with E-state index in [0.29, 0.717) is 12.1 Å². The number of nitrogens with one attached hydrogen (secondary N) is 1. The van der Waals surface area contributed by atoms with Gasteiger partial charge in [-0.15, -0.1) is 0 Å². The Balaban J connectivity index is 1.78. The fourth-order valence-electron chi connectivity index (χ4n) is 3.42. The highest BCUT2D eigenvalue weighted by atomic mass is 79.9. The average molecular weight is 352 g/mol. The van der Waals surface area contributed by atoms with Crippen molar-refractivity contribution in [2.45, 2.75) is 43.8 Å². The highest BCUT2D eigenvalue weighted by Crippen LogP contribution is 2.26. The van der Waals surface area contributed by atoms with Crippen molar-refractivity contribution in [3.8, 4) is 0 Å². The summed E-state index contributed by atoms with van der Waals surface area (Å²) in [5, 5.41) is 3.60. The van der Waals surface area contributed by atoms with Gasteiger partial charge in [-0.3, -0.25) is 4.79 Å². The Kier molecular flexibility index (Phi) is 4.08. The second-order valence-electron chi connectivity index (χ2n) is 6.41. The number of nitrogens with zero attached hydrogens (tertiary/aromatic N) is 1. The Hall–Kier alpha value is -0.910. The number of likely N-dealkylation sites (tertiary alicyclic amines) is 1. The number of nitrogens with two attached hydrogens (primary N) is 1. The summed E-state index contributed by atoms with van der Waals surface area (Å²) in [6.45, 7) is 3.37. The van der Waals surface area contributed by atoms with Gasteiger partial charge in [0.25, 0.3) is 0 Å². The van der Waals surface area contributed by atoms with Crippen molar-refractivity contribution in [3.05, 3.63) is 34.3 Å². The summed E-state index contributed by atoms with van der Waals surface area (Å²) in [5.74, 6) is 0.0308. The number of carbonyl (C=O) groups is 1. The largest absolute Gasteiger partial charge is 0.338 e. The number of piperidine rings is 1. The fraction of sp³-hybridized carbons (Fsp3) is 0.562. The molecule has 114 valence electrons. The van der Waals surface area contributed by atoms with Gasteiger partial charge in [0.2, 0.25) is 5.91 Å². The molecular weight excluding hydrogens is 330 g/mol. The van der Waals surface area contributed by atoms with E-state index in [0.717, 1.165) is 36.0 Å². The SMILES string of the molecule is CC(N)(C(=O)N1CC2CCCC(C1)N2)c1ccc(Br)cc1. The van der Waals surface area contributed by atoms with E-state index in [1.165, 1.54) is 6.42 Å². The zero-order valence-corrected chi connectivity index (χ0v) is 13.9. The molecule has 2 bridgehead atoms. The van der Waals surface area contributed by atoms with Crippen LogP contribution in [-0.4, -0.2) is 36.0 Å². The number of rotatable bonds is 2. The molecule has 0 aliphatic carbocycles. The van der Waals surface area contributed by atoms with Crippen LogP contribution in [0.25, 0.3) is 0 Å². The summed E-state index contributed by atoms with van der Waals surface area (Å²) < 4.78 is 0.992. The van der Waals surface area contributed by atoms with Crippen LogP contribution in [0.5, 0.6) is 0 Å². The molecule has 0 spiro atoms. The Morgan fingerprint density at radius 3 is 2.43 bits per heavy atom. The van der Waals surface area contributed by atoms with Gasteiger partial charge in [-0.05, 0) is 37.5 Å².